The third kappa shape index (κ3) is 1.68. The molecule has 5 heteroatoms. The van der Waals surface area contributed by atoms with Crippen molar-refractivity contribution in [3.63, 3.8) is 0 Å². The Morgan fingerprint density at radius 1 is 1.56 bits per heavy atom. The quantitative estimate of drug-likeness (QED) is 0.854. The first-order valence-corrected chi connectivity index (χ1v) is 5.02. The van der Waals surface area contributed by atoms with Crippen molar-refractivity contribution in [1.82, 2.24) is 9.55 Å². The smallest absolute Gasteiger partial charge is 0.140 e. The zero-order valence-corrected chi connectivity index (χ0v) is 9.27. The van der Waals surface area contributed by atoms with E-state index >= 15 is 0 Å². The third-order valence-electron chi connectivity index (χ3n) is 2.66. The molecule has 1 aromatic carbocycles. The molecule has 0 bridgehead atoms. The highest BCUT2D eigenvalue weighted by Crippen LogP contribution is 2.21. The molecule has 16 heavy (non-hydrogen) atoms. The van der Waals surface area contributed by atoms with Gasteiger partial charge in [0.05, 0.1) is 11.0 Å². The summed E-state index contributed by atoms with van der Waals surface area (Å²) in [6, 6.07) is 4.52. The van der Waals surface area contributed by atoms with Crippen LogP contribution in [0.5, 0.6) is 0 Å². The minimum atomic E-state index is -0.293. The first-order valence-electron chi connectivity index (χ1n) is 5.02. The highest BCUT2D eigenvalue weighted by atomic mass is 19.1. The summed E-state index contributed by atoms with van der Waals surface area (Å²) in [5.74, 6) is 0.421. The zero-order chi connectivity index (χ0) is 11.7. The molecule has 0 amide bonds. The van der Waals surface area contributed by atoms with E-state index in [0.29, 0.717) is 17.9 Å². The fourth-order valence-electron chi connectivity index (χ4n) is 1.79. The molecule has 0 spiro atoms. The summed E-state index contributed by atoms with van der Waals surface area (Å²) in [6.45, 7) is 0.343. The molecule has 2 rings (SSSR count). The molecule has 1 aromatic heterocycles. The largest absolute Gasteiger partial charge is 0.372 e. The van der Waals surface area contributed by atoms with Gasteiger partial charge in [-0.25, -0.2) is 9.37 Å². The van der Waals surface area contributed by atoms with Crippen LogP contribution in [0.4, 0.5) is 4.39 Å². The fraction of sp³-hybridized carbons (Fsp3) is 0.364. The van der Waals surface area contributed by atoms with Gasteiger partial charge in [-0.2, -0.15) is 0 Å². The lowest BCUT2D eigenvalue weighted by Gasteiger charge is -2.12. The van der Waals surface area contributed by atoms with Crippen LogP contribution in [-0.4, -0.2) is 23.2 Å². The predicted octanol–water partition coefficient (Wildman–Crippen LogP) is 1.36. The number of benzene rings is 1. The van der Waals surface area contributed by atoms with Crippen LogP contribution in [0, 0.1) is 5.82 Å². The molecule has 2 aromatic rings. The molecule has 0 radical (unpaired) electrons. The number of aromatic nitrogens is 2. The Morgan fingerprint density at radius 3 is 2.94 bits per heavy atom. The lowest BCUT2D eigenvalue weighted by molar-refractivity contribution is 0.101. The van der Waals surface area contributed by atoms with Gasteiger partial charge in [0, 0.05) is 26.8 Å². The lowest BCUT2D eigenvalue weighted by atomic mass is 10.3. The molecule has 2 N–H and O–H groups in total. The van der Waals surface area contributed by atoms with Crippen LogP contribution in [0.1, 0.15) is 11.9 Å². The average Bonchev–Trinajstić information content (AvgIpc) is 2.58. The van der Waals surface area contributed by atoms with Gasteiger partial charge in [0.1, 0.15) is 17.7 Å². The number of halogens is 1. The standard InChI is InChI=1S/C11H14FN3O/c1-15-9-4-3-7(12)5-8(9)14-11(15)10(6-13)16-2/h3-5,10H,6,13H2,1-2H3. The van der Waals surface area contributed by atoms with E-state index in [0.717, 1.165) is 5.52 Å². The zero-order valence-electron chi connectivity index (χ0n) is 9.27. The second kappa shape index (κ2) is 4.19. The van der Waals surface area contributed by atoms with Crippen LogP contribution in [0.15, 0.2) is 18.2 Å². The summed E-state index contributed by atoms with van der Waals surface area (Å²) in [5.41, 5.74) is 7.07. The summed E-state index contributed by atoms with van der Waals surface area (Å²) in [5, 5.41) is 0. The van der Waals surface area contributed by atoms with Gasteiger partial charge < -0.3 is 15.0 Å². The molecule has 0 aliphatic carbocycles. The second-order valence-electron chi connectivity index (χ2n) is 3.62. The van der Waals surface area contributed by atoms with E-state index in [9.17, 15) is 4.39 Å². The molecule has 0 fully saturated rings. The van der Waals surface area contributed by atoms with Crippen molar-refractivity contribution in [3.8, 4) is 0 Å². The SMILES string of the molecule is COC(CN)c1nc2cc(F)ccc2n1C. The number of aryl methyl sites for hydroxylation is 1. The summed E-state index contributed by atoms with van der Waals surface area (Å²) in [7, 11) is 3.45. The maximum atomic E-state index is 13.0. The first-order chi connectivity index (χ1) is 7.67. The van der Waals surface area contributed by atoms with Crippen molar-refractivity contribution in [2.45, 2.75) is 6.10 Å². The number of fused-ring (bicyclic) bond motifs is 1. The molecule has 0 aliphatic rings. The minimum Gasteiger partial charge on any atom is -0.372 e. The highest BCUT2D eigenvalue weighted by molar-refractivity contribution is 5.76. The van der Waals surface area contributed by atoms with Crippen molar-refractivity contribution < 1.29 is 9.13 Å². The number of nitrogens with zero attached hydrogens (tertiary/aromatic N) is 2. The van der Waals surface area contributed by atoms with Crippen LogP contribution in [-0.2, 0) is 11.8 Å². The monoisotopic (exact) mass is 223 g/mol. The maximum absolute atomic E-state index is 13.0. The number of imidazole rings is 1. The van der Waals surface area contributed by atoms with Crippen molar-refractivity contribution in [1.29, 1.82) is 0 Å². The van der Waals surface area contributed by atoms with Gasteiger partial charge >= 0.3 is 0 Å². The van der Waals surface area contributed by atoms with Crippen LogP contribution in [0.2, 0.25) is 0 Å². The van der Waals surface area contributed by atoms with Crippen molar-refractivity contribution in [2.75, 3.05) is 13.7 Å². The lowest BCUT2D eigenvalue weighted by Crippen LogP contribution is -2.17. The summed E-state index contributed by atoms with van der Waals surface area (Å²) < 4.78 is 20.1. The molecular weight excluding hydrogens is 209 g/mol. The third-order valence-corrected chi connectivity index (χ3v) is 2.66. The van der Waals surface area contributed by atoms with Gasteiger partial charge in [-0.15, -0.1) is 0 Å². The van der Waals surface area contributed by atoms with E-state index in [2.05, 4.69) is 4.98 Å². The molecule has 0 saturated carbocycles. The number of ether oxygens (including phenoxy) is 1. The van der Waals surface area contributed by atoms with E-state index in [4.69, 9.17) is 10.5 Å². The Labute approximate surface area is 92.8 Å². The molecule has 0 saturated heterocycles. The van der Waals surface area contributed by atoms with Crippen molar-refractivity contribution in [3.05, 3.63) is 29.8 Å². The highest BCUT2D eigenvalue weighted by Gasteiger charge is 2.16. The Kier molecular flexibility index (Phi) is 2.89. The van der Waals surface area contributed by atoms with Gasteiger partial charge in [0.15, 0.2) is 0 Å². The maximum Gasteiger partial charge on any atom is 0.140 e. The van der Waals surface area contributed by atoms with Gasteiger partial charge in [0.25, 0.3) is 0 Å². The fourth-order valence-corrected chi connectivity index (χ4v) is 1.79. The normalized spacial score (nSPS) is 13.2. The molecule has 4 nitrogen and oxygen atoms in total. The molecule has 0 aliphatic heterocycles. The van der Waals surface area contributed by atoms with Gasteiger partial charge in [-0.05, 0) is 12.1 Å². The summed E-state index contributed by atoms with van der Waals surface area (Å²) in [4.78, 5) is 4.33. The predicted molar refractivity (Wildman–Crippen MR) is 59.5 cm³/mol. The van der Waals surface area contributed by atoms with E-state index in [-0.39, 0.29) is 11.9 Å². The Balaban J connectivity index is 2.59. The summed E-state index contributed by atoms with van der Waals surface area (Å²) in [6.07, 6.45) is -0.263. The Morgan fingerprint density at radius 2 is 2.31 bits per heavy atom. The van der Waals surface area contributed by atoms with Gasteiger partial charge in [-0.3, -0.25) is 0 Å². The summed E-state index contributed by atoms with van der Waals surface area (Å²) >= 11 is 0. The van der Waals surface area contributed by atoms with Crippen LogP contribution in [0.25, 0.3) is 11.0 Å². The van der Waals surface area contributed by atoms with E-state index in [1.165, 1.54) is 12.1 Å². The van der Waals surface area contributed by atoms with Crippen molar-refractivity contribution in [2.24, 2.45) is 12.8 Å². The van der Waals surface area contributed by atoms with Crippen LogP contribution < -0.4 is 5.73 Å². The van der Waals surface area contributed by atoms with Crippen LogP contribution in [0.3, 0.4) is 0 Å². The van der Waals surface area contributed by atoms with Crippen molar-refractivity contribution >= 4 is 11.0 Å². The van der Waals surface area contributed by atoms with Crippen LogP contribution >= 0.6 is 0 Å². The molecule has 86 valence electrons. The van der Waals surface area contributed by atoms with Gasteiger partial charge in [0.2, 0.25) is 0 Å². The molecular formula is C11H14FN3O. The number of rotatable bonds is 3. The Hall–Kier alpha value is -1.46. The first kappa shape index (κ1) is 11.0. The average molecular weight is 223 g/mol. The minimum absolute atomic E-state index is 0.263. The van der Waals surface area contributed by atoms with E-state index < -0.39 is 0 Å². The molecule has 1 heterocycles. The van der Waals surface area contributed by atoms with E-state index in [1.54, 1.807) is 13.2 Å². The number of methoxy groups -OCH3 is 1. The van der Waals surface area contributed by atoms with Gasteiger partial charge in [-0.1, -0.05) is 0 Å². The van der Waals surface area contributed by atoms with E-state index in [1.807, 2.05) is 11.6 Å². The Bertz CT molecular complexity index is 505. The molecule has 1 unspecified atom stereocenters. The molecule has 1 atom stereocenters. The number of nitrogens with two attached hydrogens (primary N) is 1. The number of hydrogen-bond acceptors (Lipinski definition) is 3. The topological polar surface area (TPSA) is 53.1 Å². The number of hydrogen-bond donors (Lipinski definition) is 1. The second-order valence-corrected chi connectivity index (χ2v) is 3.62.